The number of aromatic nitrogens is 2. The summed E-state index contributed by atoms with van der Waals surface area (Å²) in [4.78, 5) is 12.1. The minimum absolute atomic E-state index is 0.168. The Labute approximate surface area is 108 Å². The second-order valence-electron chi connectivity index (χ2n) is 4.78. The van der Waals surface area contributed by atoms with Gasteiger partial charge in [0.15, 0.2) is 0 Å². The van der Waals surface area contributed by atoms with Gasteiger partial charge >= 0.3 is 0 Å². The zero-order valence-electron chi connectivity index (χ0n) is 11.9. The molecule has 0 saturated carbocycles. The molecule has 5 heteroatoms. The van der Waals surface area contributed by atoms with Crippen LogP contribution in [-0.2, 0) is 7.05 Å². The van der Waals surface area contributed by atoms with Gasteiger partial charge in [0, 0.05) is 19.3 Å². The lowest BCUT2D eigenvalue weighted by Gasteiger charge is -2.25. The first kappa shape index (κ1) is 14.7. The van der Waals surface area contributed by atoms with Crippen molar-refractivity contribution in [1.29, 1.82) is 0 Å². The van der Waals surface area contributed by atoms with Crippen molar-refractivity contribution in [3.63, 3.8) is 0 Å². The van der Waals surface area contributed by atoms with Crippen LogP contribution in [-0.4, -0.2) is 32.9 Å². The van der Waals surface area contributed by atoms with Crippen molar-refractivity contribution in [2.45, 2.75) is 46.1 Å². The number of nitrogens with one attached hydrogen (secondary N) is 1. The summed E-state index contributed by atoms with van der Waals surface area (Å²) in [5, 5.41) is 17.1. The van der Waals surface area contributed by atoms with E-state index in [9.17, 15) is 9.90 Å². The molecule has 1 amide bonds. The highest BCUT2D eigenvalue weighted by atomic mass is 16.3. The fourth-order valence-electron chi connectivity index (χ4n) is 1.94. The van der Waals surface area contributed by atoms with Gasteiger partial charge in [-0.25, -0.2) is 0 Å². The smallest absolute Gasteiger partial charge is 0.255 e. The Balaban J connectivity index is 2.78. The maximum absolute atomic E-state index is 12.1. The van der Waals surface area contributed by atoms with Crippen LogP contribution in [0.25, 0.3) is 0 Å². The molecule has 0 aliphatic rings. The topological polar surface area (TPSA) is 67.2 Å². The molecule has 102 valence electrons. The highest BCUT2D eigenvalue weighted by Gasteiger charge is 2.24. The number of carbonyl (C=O) groups is 1. The minimum atomic E-state index is -0.820. The quantitative estimate of drug-likeness (QED) is 0.831. The van der Waals surface area contributed by atoms with E-state index < -0.39 is 5.60 Å². The van der Waals surface area contributed by atoms with Crippen molar-refractivity contribution in [1.82, 2.24) is 15.1 Å². The molecule has 5 nitrogen and oxygen atoms in total. The number of aliphatic hydroxyl groups is 1. The highest BCUT2D eigenvalue weighted by Crippen LogP contribution is 2.15. The number of carbonyl (C=O) groups excluding carboxylic acids is 1. The van der Waals surface area contributed by atoms with Gasteiger partial charge in [-0.1, -0.05) is 13.8 Å². The molecule has 2 N–H and O–H groups in total. The molecule has 0 aromatic carbocycles. The number of hydrogen-bond donors (Lipinski definition) is 2. The van der Waals surface area contributed by atoms with Crippen molar-refractivity contribution in [2.75, 3.05) is 6.54 Å². The molecule has 0 aliphatic heterocycles. The van der Waals surface area contributed by atoms with Crippen molar-refractivity contribution >= 4 is 5.91 Å². The number of amides is 1. The summed E-state index contributed by atoms with van der Waals surface area (Å²) in [6.07, 6.45) is 1.24. The van der Waals surface area contributed by atoms with Crippen LogP contribution in [0.4, 0.5) is 0 Å². The molecular weight excluding hydrogens is 230 g/mol. The lowest BCUT2D eigenvalue weighted by atomic mass is 9.97. The van der Waals surface area contributed by atoms with E-state index in [2.05, 4.69) is 10.4 Å². The molecule has 0 aliphatic carbocycles. The lowest BCUT2D eigenvalue weighted by molar-refractivity contribution is 0.0313. The second kappa shape index (κ2) is 5.52. The highest BCUT2D eigenvalue weighted by molar-refractivity contribution is 5.96. The van der Waals surface area contributed by atoms with Crippen LogP contribution < -0.4 is 5.32 Å². The van der Waals surface area contributed by atoms with E-state index in [1.165, 1.54) is 0 Å². The third kappa shape index (κ3) is 2.90. The van der Waals surface area contributed by atoms with E-state index >= 15 is 0 Å². The Morgan fingerprint density at radius 1 is 1.39 bits per heavy atom. The van der Waals surface area contributed by atoms with Crippen LogP contribution in [0.1, 0.15) is 48.4 Å². The average Bonchev–Trinajstić information content (AvgIpc) is 2.60. The van der Waals surface area contributed by atoms with Gasteiger partial charge in [-0.15, -0.1) is 0 Å². The Bertz CT molecular complexity index is 434. The van der Waals surface area contributed by atoms with Crippen LogP contribution in [0.5, 0.6) is 0 Å². The molecule has 1 heterocycles. The number of rotatable bonds is 5. The summed E-state index contributed by atoms with van der Waals surface area (Å²) in [6, 6.07) is 0. The minimum Gasteiger partial charge on any atom is -0.388 e. The molecular formula is C13H23N3O2. The first-order valence-electron chi connectivity index (χ1n) is 6.35. The van der Waals surface area contributed by atoms with Crippen LogP contribution >= 0.6 is 0 Å². The Morgan fingerprint density at radius 3 is 2.33 bits per heavy atom. The standard InChI is InChI=1S/C13H23N3O2/c1-6-13(18,7-2)8-14-12(17)11-9(3)15-16(5)10(11)4/h18H,6-8H2,1-5H3,(H,14,17). The van der Waals surface area contributed by atoms with Crippen molar-refractivity contribution in [2.24, 2.45) is 7.05 Å². The summed E-state index contributed by atoms with van der Waals surface area (Å²) < 4.78 is 1.69. The van der Waals surface area contributed by atoms with E-state index in [4.69, 9.17) is 0 Å². The first-order chi connectivity index (χ1) is 8.34. The molecule has 18 heavy (non-hydrogen) atoms. The summed E-state index contributed by atoms with van der Waals surface area (Å²) in [5.41, 5.74) is 1.33. The Kier molecular flexibility index (Phi) is 4.51. The maximum Gasteiger partial charge on any atom is 0.255 e. The zero-order chi connectivity index (χ0) is 13.9. The SMILES string of the molecule is CCC(O)(CC)CNC(=O)c1c(C)nn(C)c1C. The molecule has 0 saturated heterocycles. The van der Waals surface area contributed by atoms with Crippen molar-refractivity contribution < 1.29 is 9.90 Å². The largest absolute Gasteiger partial charge is 0.388 e. The lowest BCUT2D eigenvalue weighted by Crippen LogP contribution is -2.42. The van der Waals surface area contributed by atoms with E-state index in [1.54, 1.807) is 4.68 Å². The third-order valence-corrected chi connectivity index (χ3v) is 3.63. The van der Waals surface area contributed by atoms with Gasteiger partial charge < -0.3 is 10.4 Å². The zero-order valence-corrected chi connectivity index (χ0v) is 11.9. The van der Waals surface area contributed by atoms with Crippen molar-refractivity contribution in [3.05, 3.63) is 17.0 Å². The second-order valence-corrected chi connectivity index (χ2v) is 4.78. The fraction of sp³-hybridized carbons (Fsp3) is 0.692. The molecule has 0 fully saturated rings. The Morgan fingerprint density at radius 2 is 1.94 bits per heavy atom. The van der Waals surface area contributed by atoms with Gasteiger partial charge in [-0.2, -0.15) is 5.10 Å². The van der Waals surface area contributed by atoms with Gasteiger partial charge in [0.05, 0.1) is 16.9 Å². The maximum atomic E-state index is 12.1. The number of hydrogen-bond acceptors (Lipinski definition) is 3. The molecule has 1 rings (SSSR count). The van der Waals surface area contributed by atoms with Crippen LogP contribution in [0.2, 0.25) is 0 Å². The molecule has 0 spiro atoms. The van der Waals surface area contributed by atoms with Gasteiger partial charge in [-0.3, -0.25) is 9.48 Å². The number of aryl methyl sites for hydroxylation is 2. The van der Waals surface area contributed by atoms with Crippen LogP contribution in [0, 0.1) is 13.8 Å². The Hall–Kier alpha value is -1.36. The first-order valence-corrected chi connectivity index (χ1v) is 6.35. The van der Waals surface area contributed by atoms with Gasteiger partial charge in [0.2, 0.25) is 0 Å². The normalized spacial score (nSPS) is 11.7. The average molecular weight is 253 g/mol. The molecule has 0 bridgehead atoms. The van der Waals surface area contributed by atoms with Gasteiger partial charge in [0.1, 0.15) is 0 Å². The number of nitrogens with zero attached hydrogens (tertiary/aromatic N) is 2. The fourth-order valence-corrected chi connectivity index (χ4v) is 1.94. The predicted molar refractivity (Wildman–Crippen MR) is 70.5 cm³/mol. The summed E-state index contributed by atoms with van der Waals surface area (Å²) in [7, 11) is 1.81. The van der Waals surface area contributed by atoms with Gasteiger partial charge in [0.25, 0.3) is 5.91 Å². The van der Waals surface area contributed by atoms with Crippen molar-refractivity contribution in [3.8, 4) is 0 Å². The molecule has 1 aromatic rings. The summed E-state index contributed by atoms with van der Waals surface area (Å²) >= 11 is 0. The summed E-state index contributed by atoms with van der Waals surface area (Å²) in [5.74, 6) is -0.168. The van der Waals surface area contributed by atoms with Crippen LogP contribution in [0.3, 0.4) is 0 Å². The molecule has 0 atom stereocenters. The van der Waals surface area contributed by atoms with Gasteiger partial charge in [-0.05, 0) is 26.7 Å². The monoisotopic (exact) mass is 253 g/mol. The van der Waals surface area contributed by atoms with E-state index in [0.29, 0.717) is 24.1 Å². The van der Waals surface area contributed by atoms with E-state index in [-0.39, 0.29) is 12.5 Å². The molecule has 0 unspecified atom stereocenters. The van der Waals surface area contributed by atoms with E-state index in [0.717, 1.165) is 5.69 Å². The third-order valence-electron chi connectivity index (χ3n) is 3.63. The molecule has 1 aromatic heterocycles. The summed E-state index contributed by atoms with van der Waals surface area (Å²) in [6.45, 7) is 7.77. The molecule has 0 radical (unpaired) electrons. The predicted octanol–water partition coefficient (Wildman–Crippen LogP) is 1.32. The van der Waals surface area contributed by atoms with Crippen LogP contribution in [0.15, 0.2) is 0 Å². The van der Waals surface area contributed by atoms with E-state index in [1.807, 2.05) is 34.7 Å².